The molecular weight excluding hydrogens is 628 g/mol. The first kappa shape index (κ1) is 30.9. The first-order valence-corrected chi connectivity index (χ1v) is 17.0. The van der Waals surface area contributed by atoms with Gasteiger partial charge in [-0.05, 0) is 111 Å². The number of aryl methyl sites for hydroxylation is 1. The summed E-state index contributed by atoms with van der Waals surface area (Å²) in [5.74, 6) is -1.74. The summed E-state index contributed by atoms with van der Waals surface area (Å²) in [6, 6.07) is 14.7. The van der Waals surface area contributed by atoms with Crippen molar-refractivity contribution in [1.29, 1.82) is 0 Å². The predicted molar refractivity (Wildman–Crippen MR) is 164 cm³/mol. The van der Waals surface area contributed by atoms with E-state index in [1.807, 2.05) is 6.07 Å². The van der Waals surface area contributed by atoms with Gasteiger partial charge >= 0.3 is 5.97 Å². The third kappa shape index (κ3) is 5.37. The molecule has 232 valence electrons. The molecule has 0 radical (unpaired) electrons. The molecule has 1 amide bonds. The molecule has 3 aliphatic rings. The molecule has 2 fully saturated rings. The number of ether oxygens (including phenoxy) is 1. The van der Waals surface area contributed by atoms with E-state index < -0.39 is 38.3 Å². The Kier molecular flexibility index (Phi) is 8.41. The molecule has 44 heavy (non-hydrogen) atoms. The number of rotatable bonds is 7. The normalized spacial score (nSPS) is 24.8. The number of hydrogen-bond donors (Lipinski definition) is 1. The van der Waals surface area contributed by atoms with Gasteiger partial charge in [0.05, 0.1) is 16.9 Å². The molecule has 0 aromatic heterocycles. The number of carboxylic acid groups (broad SMARTS) is 1. The van der Waals surface area contributed by atoms with Gasteiger partial charge in [-0.2, -0.15) is 0 Å². The van der Waals surface area contributed by atoms with Crippen LogP contribution in [0.5, 0.6) is 5.75 Å². The molecule has 1 aliphatic heterocycles. The third-order valence-electron chi connectivity index (χ3n) is 9.57. The van der Waals surface area contributed by atoms with E-state index in [4.69, 9.17) is 27.9 Å². The second-order valence-electron chi connectivity index (χ2n) is 11.9. The van der Waals surface area contributed by atoms with Crippen LogP contribution in [0.15, 0.2) is 65.6 Å². The molecule has 7 nitrogen and oxygen atoms in total. The minimum Gasteiger partial charge on any atom is -0.489 e. The lowest BCUT2D eigenvalue weighted by Gasteiger charge is -2.43. The number of fused-ring (bicyclic) bond motifs is 3. The quantitative estimate of drug-likeness (QED) is 0.279. The van der Waals surface area contributed by atoms with Crippen molar-refractivity contribution in [3.63, 3.8) is 0 Å². The van der Waals surface area contributed by atoms with Crippen molar-refractivity contribution in [2.45, 2.75) is 67.2 Å². The highest BCUT2D eigenvalue weighted by molar-refractivity contribution is 7.92. The minimum atomic E-state index is -4.10. The number of likely N-dealkylation sites (tertiary alicyclic amines) is 1. The van der Waals surface area contributed by atoms with E-state index >= 15 is 0 Å². The van der Waals surface area contributed by atoms with Gasteiger partial charge in [0.2, 0.25) is 5.91 Å². The molecule has 6 rings (SSSR count). The van der Waals surface area contributed by atoms with Gasteiger partial charge in [-0.25, -0.2) is 12.8 Å². The molecule has 0 spiro atoms. The van der Waals surface area contributed by atoms with Crippen LogP contribution >= 0.6 is 23.2 Å². The van der Waals surface area contributed by atoms with Crippen molar-refractivity contribution in [1.82, 2.24) is 4.90 Å². The smallest absolute Gasteiger partial charge is 0.306 e. The van der Waals surface area contributed by atoms with Crippen LogP contribution in [0, 0.1) is 17.7 Å². The van der Waals surface area contributed by atoms with Gasteiger partial charge in [0.25, 0.3) is 0 Å². The SMILES string of the molecule is O=C(O)C1CCC(C(=O)N2CC[C@@]3(S(=O)(=O)c4ccc(F)cc4)c4ccc(OCc5cc(Cl)ccc5Cl)cc4CC[C@@H]23)CC1. The molecule has 1 saturated carbocycles. The molecule has 2 atom stereocenters. The second-order valence-corrected chi connectivity index (χ2v) is 15.0. The fraction of sp³-hybridized carbons (Fsp3) is 0.394. The molecule has 1 heterocycles. The summed E-state index contributed by atoms with van der Waals surface area (Å²) >= 11 is 12.4. The average molecular weight is 661 g/mol. The van der Waals surface area contributed by atoms with Crippen molar-refractivity contribution in [3.8, 4) is 5.75 Å². The number of sulfone groups is 1. The predicted octanol–water partition coefficient (Wildman–Crippen LogP) is 6.82. The Morgan fingerprint density at radius 3 is 2.36 bits per heavy atom. The molecule has 0 unspecified atom stereocenters. The maximum absolute atomic E-state index is 14.6. The minimum absolute atomic E-state index is 0.00365. The number of aliphatic carboxylic acids is 1. The average Bonchev–Trinajstić information content (AvgIpc) is 3.43. The van der Waals surface area contributed by atoms with Crippen LogP contribution in [0.25, 0.3) is 0 Å². The summed E-state index contributed by atoms with van der Waals surface area (Å²) in [6.45, 7) is 0.431. The molecule has 1 saturated heterocycles. The van der Waals surface area contributed by atoms with E-state index in [1.54, 1.807) is 35.2 Å². The number of carbonyl (C=O) groups excluding carboxylic acids is 1. The van der Waals surface area contributed by atoms with E-state index in [1.165, 1.54) is 12.1 Å². The van der Waals surface area contributed by atoms with Crippen LogP contribution in [-0.4, -0.2) is 42.9 Å². The van der Waals surface area contributed by atoms with Gasteiger partial charge in [-0.15, -0.1) is 0 Å². The van der Waals surface area contributed by atoms with E-state index in [9.17, 15) is 27.5 Å². The summed E-state index contributed by atoms with van der Waals surface area (Å²) < 4.78 is 47.7. The third-order valence-corrected chi connectivity index (χ3v) is 12.7. The number of amides is 1. The van der Waals surface area contributed by atoms with Crippen molar-refractivity contribution in [3.05, 3.63) is 93.2 Å². The van der Waals surface area contributed by atoms with Crippen molar-refractivity contribution >= 4 is 44.9 Å². The molecule has 1 N–H and O–H groups in total. The lowest BCUT2D eigenvalue weighted by molar-refractivity contribution is -0.146. The lowest BCUT2D eigenvalue weighted by Crippen LogP contribution is -2.53. The lowest BCUT2D eigenvalue weighted by atomic mass is 9.77. The van der Waals surface area contributed by atoms with Gasteiger partial charge in [-0.1, -0.05) is 29.3 Å². The molecule has 3 aromatic carbocycles. The summed E-state index contributed by atoms with van der Waals surface area (Å²) in [4.78, 5) is 27.1. The second kappa shape index (κ2) is 12.0. The fourth-order valence-electron chi connectivity index (χ4n) is 7.32. The summed E-state index contributed by atoms with van der Waals surface area (Å²) in [7, 11) is -4.10. The molecule has 0 bridgehead atoms. The first-order chi connectivity index (χ1) is 21.0. The molecular formula is C33H32Cl2FNO6S. The van der Waals surface area contributed by atoms with Crippen LogP contribution in [-0.2, 0) is 37.2 Å². The fourth-order valence-corrected chi connectivity index (χ4v) is 10.1. The van der Waals surface area contributed by atoms with Crippen molar-refractivity contribution in [2.24, 2.45) is 11.8 Å². The van der Waals surface area contributed by atoms with Crippen LogP contribution in [0.4, 0.5) is 4.39 Å². The molecule has 2 aliphatic carbocycles. The zero-order valence-corrected chi connectivity index (χ0v) is 26.2. The topological polar surface area (TPSA) is 101 Å². The zero-order chi connectivity index (χ0) is 31.2. The van der Waals surface area contributed by atoms with E-state index in [2.05, 4.69) is 0 Å². The van der Waals surface area contributed by atoms with Crippen LogP contribution in [0.2, 0.25) is 10.0 Å². The molecule has 3 aromatic rings. The van der Waals surface area contributed by atoms with Crippen LogP contribution < -0.4 is 4.74 Å². The number of nitrogens with zero attached hydrogens (tertiary/aromatic N) is 1. The Morgan fingerprint density at radius 2 is 1.66 bits per heavy atom. The first-order valence-electron chi connectivity index (χ1n) is 14.7. The van der Waals surface area contributed by atoms with Gasteiger partial charge in [-0.3, -0.25) is 9.59 Å². The monoisotopic (exact) mass is 659 g/mol. The Hall–Kier alpha value is -3.14. The van der Waals surface area contributed by atoms with Crippen LogP contribution in [0.3, 0.4) is 0 Å². The number of hydrogen-bond acceptors (Lipinski definition) is 5. The summed E-state index contributed by atoms with van der Waals surface area (Å²) in [6.07, 6.45) is 2.93. The Balaban J connectivity index is 1.34. The number of halogens is 3. The Morgan fingerprint density at radius 1 is 0.955 bits per heavy atom. The van der Waals surface area contributed by atoms with Crippen molar-refractivity contribution in [2.75, 3.05) is 6.54 Å². The van der Waals surface area contributed by atoms with Gasteiger partial charge < -0.3 is 14.7 Å². The Labute approximate surface area is 265 Å². The van der Waals surface area contributed by atoms with Gasteiger partial charge in [0.1, 0.15) is 22.9 Å². The summed E-state index contributed by atoms with van der Waals surface area (Å²) in [5, 5.41) is 10.5. The summed E-state index contributed by atoms with van der Waals surface area (Å²) in [5.41, 5.74) is 2.16. The van der Waals surface area contributed by atoms with E-state index in [0.29, 0.717) is 59.9 Å². The maximum Gasteiger partial charge on any atom is 0.306 e. The number of carboxylic acids is 1. The zero-order valence-electron chi connectivity index (χ0n) is 23.8. The maximum atomic E-state index is 14.6. The standard InChI is InChI=1S/C33H32Cl2FNO6S/c34-24-6-13-29(35)23(17-24)19-43-26-9-12-28-22(18-26)5-14-30-33(28,44(41,42)27-10-7-25(36)8-11-27)15-16-37(30)31(38)20-1-3-21(4-2-20)32(39)40/h6-13,17-18,20-21,30H,1-5,14-16,19H2,(H,39,40)/t20?,21?,30-,33-/m1/s1. The van der Waals surface area contributed by atoms with Crippen molar-refractivity contribution < 1.29 is 32.2 Å². The van der Waals surface area contributed by atoms with Crippen LogP contribution in [0.1, 0.15) is 55.2 Å². The Bertz CT molecular complexity index is 1710. The largest absolute Gasteiger partial charge is 0.489 e. The molecule has 11 heteroatoms. The van der Waals surface area contributed by atoms with Gasteiger partial charge in [0, 0.05) is 28.1 Å². The van der Waals surface area contributed by atoms with E-state index in [-0.39, 0.29) is 36.3 Å². The highest BCUT2D eigenvalue weighted by atomic mass is 35.5. The van der Waals surface area contributed by atoms with E-state index in [0.717, 1.165) is 23.3 Å². The highest BCUT2D eigenvalue weighted by Gasteiger charge is 2.61. The number of carbonyl (C=O) groups is 2. The number of benzene rings is 3. The van der Waals surface area contributed by atoms with Gasteiger partial charge in [0.15, 0.2) is 9.84 Å². The highest BCUT2D eigenvalue weighted by Crippen LogP contribution is 2.53.